The molecule has 0 rings (SSSR count). The Morgan fingerprint density at radius 3 is 1.02 bits per heavy atom. The van der Waals surface area contributed by atoms with Crippen molar-refractivity contribution in [3.63, 3.8) is 0 Å². The lowest BCUT2D eigenvalue weighted by atomic mass is 10.0. The zero-order valence-electron chi connectivity index (χ0n) is 29.3. The number of carbonyl (C=O) groups is 1. The average molecular weight is 590 g/mol. The van der Waals surface area contributed by atoms with Gasteiger partial charge in [-0.05, 0) is 38.5 Å². The van der Waals surface area contributed by atoms with Crippen LogP contribution in [0.4, 0.5) is 0 Å². The van der Waals surface area contributed by atoms with Crippen LogP contribution in [0.5, 0.6) is 0 Å². The molecule has 250 valence electrons. The third-order valence-corrected chi connectivity index (χ3v) is 9.02. The second kappa shape index (κ2) is 38.2. The summed E-state index contributed by atoms with van der Waals surface area (Å²) in [6.45, 7) is 5.46. The lowest BCUT2D eigenvalue weighted by Gasteiger charge is -2.06. The Hall–Kier alpha value is -0.790. The van der Waals surface area contributed by atoms with Gasteiger partial charge in [0.15, 0.2) is 0 Å². The SMILES string of the molecule is CCCCCCCC/C=C/CCCCCCCCCCCC(=O)NCCCCCCCCCCCCCCCCCC. The Balaban J connectivity index is 3.18. The fourth-order valence-corrected chi connectivity index (χ4v) is 6.05. The van der Waals surface area contributed by atoms with Gasteiger partial charge >= 0.3 is 0 Å². The van der Waals surface area contributed by atoms with E-state index in [-0.39, 0.29) is 5.91 Å². The summed E-state index contributed by atoms with van der Waals surface area (Å²) in [5.41, 5.74) is 0. The number of hydrogen-bond acceptors (Lipinski definition) is 1. The van der Waals surface area contributed by atoms with E-state index in [1.54, 1.807) is 0 Å². The molecule has 2 heteroatoms. The van der Waals surface area contributed by atoms with Crippen LogP contribution in [0.2, 0.25) is 0 Å². The van der Waals surface area contributed by atoms with Gasteiger partial charge in [0.25, 0.3) is 0 Å². The lowest BCUT2D eigenvalue weighted by molar-refractivity contribution is -0.121. The van der Waals surface area contributed by atoms with Crippen LogP contribution in [0.1, 0.15) is 232 Å². The third-order valence-electron chi connectivity index (χ3n) is 9.02. The number of nitrogens with one attached hydrogen (secondary N) is 1. The van der Waals surface area contributed by atoms with Gasteiger partial charge in [-0.2, -0.15) is 0 Å². The molecule has 0 heterocycles. The van der Waals surface area contributed by atoms with E-state index in [0.29, 0.717) is 0 Å². The van der Waals surface area contributed by atoms with Crippen molar-refractivity contribution in [1.82, 2.24) is 5.32 Å². The van der Waals surface area contributed by atoms with E-state index in [1.165, 1.54) is 199 Å². The van der Waals surface area contributed by atoms with Crippen LogP contribution in [0.25, 0.3) is 0 Å². The molecule has 0 aliphatic carbocycles. The molecule has 0 aliphatic heterocycles. The molecule has 0 aromatic rings. The first-order valence-electron chi connectivity index (χ1n) is 19.7. The zero-order chi connectivity index (χ0) is 30.4. The Labute approximate surface area is 266 Å². The number of unbranched alkanes of at least 4 members (excludes halogenated alkanes) is 30. The van der Waals surface area contributed by atoms with Crippen molar-refractivity contribution in [3.05, 3.63) is 12.2 Å². The lowest BCUT2D eigenvalue weighted by Crippen LogP contribution is -2.23. The number of rotatable bonds is 36. The number of hydrogen-bond donors (Lipinski definition) is 1. The monoisotopic (exact) mass is 590 g/mol. The fraction of sp³-hybridized carbons (Fsp3) is 0.925. The molecule has 42 heavy (non-hydrogen) atoms. The van der Waals surface area contributed by atoms with Crippen LogP contribution in [-0.2, 0) is 4.79 Å². The van der Waals surface area contributed by atoms with Crippen LogP contribution in [-0.4, -0.2) is 12.5 Å². The van der Waals surface area contributed by atoms with Crippen LogP contribution in [0, 0.1) is 0 Å². The smallest absolute Gasteiger partial charge is 0.219 e. The fourth-order valence-electron chi connectivity index (χ4n) is 6.05. The highest BCUT2D eigenvalue weighted by Crippen LogP contribution is 2.15. The van der Waals surface area contributed by atoms with Crippen LogP contribution in [0.3, 0.4) is 0 Å². The molecule has 0 radical (unpaired) electrons. The largest absolute Gasteiger partial charge is 0.356 e. The minimum absolute atomic E-state index is 0.275. The maximum Gasteiger partial charge on any atom is 0.219 e. The zero-order valence-corrected chi connectivity index (χ0v) is 29.3. The Kier molecular flexibility index (Phi) is 37.5. The van der Waals surface area contributed by atoms with E-state index in [9.17, 15) is 4.79 Å². The maximum absolute atomic E-state index is 12.1. The van der Waals surface area contributed by atoms with E-state index < -0.39 is 0 Å². The number of amides is 1. The van der Waals surface area contributed by atoms with E-state index >= 15 is 0 Å². The second-order valence-corrected chi connectivity index (χ2v) is 13.4. The summed E-state index contributed by atoms with van der Waals surface area (Å²) in [5.74, 6) is 0.275. The van der Waals surface area contributed by atoms with E-state index in [0.717, 1.165) is 25.8 Å². The Morgan fingerprint density at radius 2 is 0.667 bits per heavy atom. The van der Waals surface area contributed by atoms with Gasteiger partial charge in [-0.25, -0.2) is 0 Å². The van der Waals surface area contributed by atoms with Gasteiger partial charge in [0, 0.05) is 13.0 Å². The van der Waals surface area contributed by atoms with E-state index in [2.05, 4.69) is 31.3 Å². The van der Waals surface area contributed by atoms with Gasteiger partial charge in [0.1, 0.15) is 0 Å². The van der Waals surface area contributed by atoms with E-state index in [1.807, 2.05) is 0 Å². The van der Waals surface area contributed by atoms with Gasteiger partial charge in [-0.3, -0.25) is 4.79 Å². The minimum Gasteiger partial charge on any atom is -0.356 e. The van der Waals surface area contributed by atoms with Crippen molar-refractivity contribution in [2.75, 3.05) is 6.54 Å². The topological polar surface area (TPSA) is 29.1 Å². The summed E-state index contributed by atoms with van der Waals surface area (Å²) in [6, 6.07) is 0. The molecule has 0 saturated carbocycles. The molecule has 0 saturated heterocycles. The molecular formula is C40H79NO. The number of allylic oxidation sites excluding steroid dienone is 2. The molecule has 0 fully saturated rings. The standard InChI is InChI=1S/C40H79NO/c1-3-5-7-9-11-13-15-17-19-21-22-23-24-26-28-30-32-34-36-38-40(42)41-39-37-35-33-31-29-27-25-20-18-16-14-12-10-8-6-4-2/h17,19H,3-16,18,20-39H2,1-2H3,(H,41,42)/b19-17+. The molecule has 0 aliphatic rings. The van der Waals surface area contributed by atoms with Crippen molar-refractivity contribution in [1.29, 1.82) is 0 Å². The third kappa shape index (κ3) is 37.2. The first kappa shape index (κ1) is 41.2. The van der Waals surface area contributed by atoms with Crippen molar-refractivity contribution in [2.45, 2.75) is 232 Å². The molecule has 0 spiro atoms. The van der Waals surface area contributed by atoms with Gasteiger partial charge in [0.05, 0.1) is 0 Å². The van der Waals surface area contributed by atoms with Crippen molar-refractivity contribution < 1.29 is 4.79 Å². The normalized spacial score (nSPS) is 11.6. The first-order chi connectivity index (χ1) is 20.8. The molecule has 0 unspecified atom stereocenters. The van der Waals surface area contributed by atoms with Crippen molar-refractivity contribution >= 4 is 5.91 Å². The summed E-state index contributed by atoms with van der Waals surface area (Å²) in [7, 11) is 0. The summed E-state index contributed by atoms with van der Waals surface area (Å²) < 4.78 is 0. The molecule has 1 N–H and O–H groups in total. The summed E-state index contributed by atoms with van der Waals surface area (Å²) in [4.78, 5) is 12.1. The highest BCUT2D eigenvalue weighted by molar-refractivity contribution is 5.75. The molecule has 0 bridgehead atoms. The summed E-state index contributed by atoms with van der Waals surface area (Å²) >= 11 is 0. The Morgan fingerprint density at radius 1 is 0.381 bits per heavy atom. The second-order valence-electron chi connectivity index (χ2n) is 13.4. The molecule has 0 atom stereocenters. The summed E-state index contributed by atoms with van der Waals surface area (Å²) in [6.07, 6.45) is 50.7. The highest BCUT2D eigenvalue weighted by atomic mass is 16.1. The summed E-state index contributed by atoms with van der Waals surface area (Å²) in [5, 5.41) is 3.15. The minimum atomic E-state index is 0.275. The van der Waals surface area contributed by atoms with Gasteiger partial charge < -0.3 is 5.32 Å². The van der Waals surface area contributed by atoms with E-state index in [4.69, 9.17) is 0 Å². The molecule has 0 aromatic heterocycles. The average Bonchev–Trinajstić information content (AvgIpc) is 3.00. The predicted molar refractivity (Wildman–Crippen MR) is 190 cm³/mol. The highest BCUT2D eigenvalue weighted by Gasteiger charge is 2.01. The van der Waals surface area contributed by atoms with Crippen LogP contribution >= 0.6 is 0 Å². The number of carbonyl (C=O) groups excluding carboxylic acids is 1. The maximum atomic E-state index is 12.1. The van der Waals surface area contributed by atoms with Gasteiger partial charge in [-0.15, -0.1) is 0 Å². The molecule has 1 amide bonds. The molecule has 0 aromatic carbocycles. The molecule has 2 nitrogen and oxygen atoms in total. The van der Waals surface area contributed by atoms with Crippen LogP contribution < -0.4 is 5.32 Å². The quantitative estimate of drug-likeness (QED) is 0.0571. The first-order valence-corrected chi connectivity index (χ1v) is 19.7. The predicted octanol–water partition coefficient (Wildman–Crippen LogP) is 14.0. The van der Waals surface area contributed by atoms with Crippen molar-refractivity contribution in [2.24, 2.45) is 0 Å². The van der Waals surface area contributed by atoms with Gasteiger partial charge in [0.2, 0.25) is 5.91 Å². The van der Waals surface area contributed by atoms with Crippen LogP contribution in [0.15, 0.2) is 12.2 Å². The molecular weight excluding hydrogens is 510 g/mol. The Bertz CT molecular complexity index is 528. The van der Waals surface area contributed by atoms with Gasteiger partial charge in [-0.1, -0.05) is 199 Å². The van der Waals surface area contributed by atoms with Crippen molar-refractivity contribution in [3.8, 4) is 0 Å².